The van der Waals surface area contributed by atoms with Crippen molar-refractivity contribution in [1.29, 1.82) is 0 Å². The summed E-state index contributed by atoms with van der Waals surface area (Å²) in [5, 5.41) is 0. The van der Waals surface area contributed by atoms with Gasteiger partial charge in [0.25, 0.3) is 0 Å². The Balaban J connectivity index is 4.44. The van der Waals surface area contributed by atoms with E-state index in [9.17, 15) is 9.59 Å². The van der Waals surface area contributed by atoms with Gasteiger partial charge in [-0.15, -0.1) is 0 Å². The van der Waals surface area contributed by atoms with E-state index in [-0.39, 0.29) is 12.6 Å². The smallest absolute Gasteiger partial charge is 0.466 e. The Morgan fingerprint density at radius 1 is 1.06 bits per heavy atom. The lowest BCUT2D eigenvalue weighted by Gasteiger charge is -2.22. The quantitative estimate of drug-likeness (QED) is 0.628. The standard InChI is InChI=1S/C13H24O5/c1-5-8-9-11(18-13(15)17-7-3)10(4)12(14)16-6-2/h10-11H,5-9H2,1-4H3. The van der Waals surface area contributed by atoms with Crippen molar-refractivity contribution in [2.75, 3.05) is 13.2 Å². The van der Waals surface area contributed by atoms with E-state index in [4.69, 9.17) is 14.2 Å². The highest BCUT2D eigenvalue weighted by atomic mass is 16.7. The van der Waals surface area contributed by atoms with E-state index in [0.29, 0.717) is 13.0 Å². The predicted octanol–water partition coefficient (Wildman–Crippen LogP) is 2.92. The zero-order valence-corrected chi connectivity index (χ0v) is 11.7. The van der Waals surface area contributed by atoms with Crippen LogP contribution in [0.4, 0.5) is 4.79 Å². The van der Waals surface area contributed by atoms with Gasteiger partial charge >= 0.3 is 12.1 Å². The minimum Gasteiger partial charge on any atom is -0.466 e. The van der Waals surface area contributed by atoms with Crippen LogP contribution in [0.1, 0.15) is 47.0 Å². The lowest BCUT2D eigenvalue weighted by Crippen LogP contribution is -2.32. The summed E-state index contributed by atoms with van der Waals surface area (Å²) in [7, 11) is 0. The molecular formula is C13H24O5. The molecule has 0 bridgehead atoms. The van der Waals surface area contributed by atoms with E-state index in [2.05, 4.69) is 0 Å². The molecule has 0 spiro atoms. The average Bonchev–Trinajstić information content (AvgIpc) is 2.34. The molecule has 0 aromatic rings. The monoisotopic (exact) mass is 260 g/mol. The number of carbonyl (C=O) groups excluding carboxylic acids is 2. The summed E-state index contributed by atoms with van der Waals surface area (Å²) in [5.41, 5.74) is 0. The minimum absolute atomic E-state index is 0.257. The lowest BCUT2D eigenvalue weighted by atomic mass is 9.99. The third-order valence-corrected chi connectivity index (χ3v) is 2.57. The molecule has 0 aliphatic heterocycles. The van der Waals surface area contributed by atoms with Crippen LogP contribution in [0.3, 0.4) is 0 Å². The van der Waals surface area contributed by atoms with Gasteiger partial charge in [0, 0.05) is 0 Å². The van der Waals surface area contributed by atoms with Gasteiger partial charge in [0.15, 0.2) is 0 Å². The molecule has 5 nitrogen and oxygen atoms in total. The van der Waals surface area contributed by atoms with E-state index < -0.39 is 18.2 Å². The van der Waals surface area contributed by atoms with E-state index in [1.165, 1.54) is 0 Å². The highest BCUT2D eigenvalue weighted by molar-refractivity contribution is 5.73. The van der Waals surface area contributed by atoms with Gasteiger partial charge < -0.3 is 14.2 Å². The average molecular weight is 260 g/mol. The van der Waals surface area contributed by atoms with E-state index in [0.717, 1.165) is 12.8 Å². The number of esters is 1. The van der Waals surface area contributed by atoms with Crippen molar-refractivity contribution in [3.05, 3.63) is 0 Å². The Hall–Kier alpha value is -1.26. The molecule has 0 heterocycles. The first-order valence-corrected chi connectivity index (χ1v) is 6.56. The predicted molar refractivity (Wildman–Crippen MR) is 67.2 cm³/mol. The summed E-state index contributed by atoms with van der Waals surface area (Å²) < 4.78 is 14.8. The SMILES string of the molecule is CCCCC(OC(=O)OCC)C(C)C(=O)OCC. The van der Waals surface area contributed by atoms with Crippen LogP contribution in [0.15, 0.2) is 0 Å². The Bertz CT molecular complexity index is 252. The maximum absolute atomic E-state index is 11.6. The fourth-order valence-corrected chi connectivity index (χ4v) is 1.52. The van der Waals surface area contributed by atoms with Crippen molar-refractivity contribution >= 4 is 12.1 Å². The maximum Gasteiger partial charge on any atom is 0.508 e. The molecule has 0 fully saturated rings. The van der Waals surface area contributed by atoms with Gasteiger partial charge in [-0.05, 0) is 27.2 Å². The molecule has 0 aromatic carbocycles. The number of rotatable bonds is 8. The van der Waals surface area contributed by atoms with Crippen molar-refractivity contribution in [3.63, 3.8) is 0 Å². The van der Waals surface area contributed by atoms with Gasteiger partial charge in [-0.2, -0.15) is 0 Å². The highest BCUT2D eigenvalue weighted by Gasteiger charge is 2.28. The summed E-state index contributed by atoms with van der Waals surface area (Å²) in [6.45, 7) is 7.78. The third kappa shape index (κ3) is 6.47. The van der Waals surface area contributed by atoms with Crippen LogP contribution in [0.25, 0.3) is 0 Å². The summed E-state index contributed by atoms with van der Waals surface area (Å²) in [5.74, 6) is -0.816. The number of ether oxygens (including phenoxy) is 3. The second-order valence-electron chi connectivity index (χ2n) is 4.02. The Kier molecular flexibility index (Phi) is 9.06. The molecule has 2 atom stereocenters. The van der Waals surface area contributed by atoms with Gasteiger partial charge in [-0.3, -0.25) is 4.79 Å². The molecule has 0 radical (unpaired) electrons. The van der Waals surface area contributed by atoms with Gasteiger partial charge in [0.05, 0.1) is 19.1 Å². The van der Waals surface area contributed by atoms with Gasteiger partial charge in [-0.1, -0.05) is 19.8 Å². The molecule has 2 unspecified atom stereocenters. The molecule has 0 aliphatic carbocycles. The topological polar surface area (TPSA) is 61.8 Å². The van der Waals surface area contributed by atoms with Crippen LogP contribution in [0.2, 0.25) is 0 Å². The normalized spacial score (nSPS) is 13.6. The van der Waals surface area contributed by atoms with E-state index in [1.807, 2.05) is 6.92 Å². The minimum atomic E-state index is -0.727. The molecule has 0 amide bonds. The van der Waals surface area contributed by atoms with Crippen LogP contribution in [-0.2, 0) is 19.0 Å². The largest absolute Gasteiger partial charge is 0.508 e. The third-order valence-electron chi connectivity index (χ3n) is 2.57. The summed E-state index contributed by atoms with van der Waals surface area (Å²) in [6.07, 6.45) is 1.28. The van der Waals surface area contributed by atoms with Crippen molar-refractivity contribution in [2.24, 2.45) is 5.92 Å². The second kappa shape index (κ2) is 9.74. The molecule has 106 valence electrons. The van der Waals surface area contributed by atoms with Crippen LogP contribution < -0.4 is 0 Å². The molecule has 0 saturated carbocycles. The van der Waals surface area contributed by atoms with Crippen molar-refractivity contribution in [2.45, 2.75) is 53.1 Å². The first kappa shape index (κ1) is 16.7. The molecule has 0 rings (SSSR count). The van der Waals surface area contributed by atoms with Crippen molar-refractivity contribution < 1.29 is 23.8 Å². The first-order chi connectivity index (χ1) is 8.56. The summed E-state index contributed by atoms with van der Waals surface area (Å²) >= 11 is 0. The summed E-state index contributed by atoms with van der Waals surface area (Å²) in [6, 6.07) is 0. The number of carbonyl (C=O) groups is 2. The van der Waals surface area contributed by atoms with Crippen LogP contribution in [-0.4, -0.2) is 31.4 Å². The fourth-order valence-electron chi connectivity index (χ4n) is 1.52. The molecule has 18 heavy (non-hydrogen) atoms. The van der Waals surface area contributed by atoms with Gasteiger partial charge in [-0.25, -0.2) is 4.79 Å². The van der Waals surface area contributed by atoms with Crippen molar-refractivity contribution in [3.8, 4) is 0 Å². The molecule has 0 aliphatic rings. The molecule has 5 heteroatoms. The fraction of sp³-hybridized carbons (Fsp3) is 0.846. The number of hydrogen-bond donors (Lipinski definition) is 0. The molecular weight excluding hydrogens is 236 g/mol. The zero-order chi connectivity index (χ0) is 14.0. The molecule has 0 N–H and O–H groups in total. The van der Waals surface area contributed by atoms with Crippen LogP contribution in [0, 0.1) is 5.92 Å². The number of unbranched alkanes of at least 4 members (excludes halogenated alkanes) is 1. The highest BCUT2D eigenvalue weighted by Crippen LogP contribution is 2.17. The van der Waals surface area contributed by atoms with Crippen LogP contribution >= 0.6 is 0 Å². The zero-order valence-electron chi connectivity index (χ0n) is 11.7. The van der Waals surface area contributed by atoms with Gasteiger partial charge in [0.2, 0.25) is 0 Å². The Labute approximate surface area is 109 Å². The molecule has 0 saturated heterocycles. The Morgan fingerprint density at radius 3 is 2.17 bits per heavy atom. The summed E-state index contributed by atoms with van der Waals surface area (Å²) in [4.78, 5) is 22.9. The van der Waals surface area contributed by atoms with E-state index >= 15 is 0 Å². The second-order valence-corrected chi connectivity index (χ2v) is 4.02. The Morgan fingerprint density at radius 2 is 1.67 bits per heavy atom. The number of hydrogen-bond acceptors (Lipinski definition) is 5. The van der Waals surface area contributed by atoms with Gasteiger partial charge in [0.1, 0.15) is 6.10 Å². The molecule has 0 aromatic heterocycles. The van der Waals surface area contributed by atoms with Crippen LogP contribution in [0.5, 0.6) is 0 Å². The maximum atomic E-state index is 11.6. The first-order valence-electron chi connectivity index (χ1n) is 6.56. The lowest BCUT2D eigenvalue weighted by molar-refractivity contribution is -0.151. The van der Waals surface area contributed by atoms with E-state index in [1.54, 1.807) is 20.8 Å². The van der Waals surface area contributed by atoms with Crippen molar-refractivity contribution in [1.82, 2.24) is 0 Å².